The van der Waals surface area contributed by atoms with Crippen molar-refractivity contribution in [1.29, 1.82) is 5.26 Å². The van der Waals surface area contributed by atoms with Gasteiger partial charge in [0.1, 0.15) is 11.1 Å². The van der Waals surface area contributed by atoms with Gasteiger partial charge in [0.05, 0.1) is 5.56 Å². The highest BCUT2D eigenvalue weighted by molar-refractivity contribution is 7.16. The van der Waals surface area contributed by atoms with Gasteiger partial charge in [-0.3, -0.25) is 4.79 Å². The standard InChI is InChI=1S/C17H24N2OS/c1-10(2)15(20)19-16-13(9-18)12-7-6-11(17(3,4)5)8-14(12)21-16/h10-11H,6-8H2,1-5H3,(H,19,20)/t11-/m0/s1. The Morgan fingerprint density at radius 2 is 2.10 bits per heavy atom. The summed E-state index contributed by atoms with van der Waals surface area (Å²) in [6.45, 7) is 10.6. The van der Waals surface area contributed by atoms with Gasteiger partial charge in [0.25, 0.3) is 0 Å². The van der Waals surface area contributed by atoms with Gasteiger partial charge in [-0.1, -0.05) is 34.6 Å². The lowest BCUT2D eigenvalue weighted by molar-refractivity contribution is -0.118. The van der Waals surface area contributed by atoms with Crippen LogP contribution in [0.2, 0.25) is 0 Å². The Balaban J connectivity index is 2.30. The van der Waals surface area contributed by atoms with Crippen molar-refractivity contribution in [1.82, 2.24) is 0 Å². The van der Waals surface area contributed by atoms with Crippen molar-refractivity contribution in [2.75, 3.05) is 5.32 Å². The first-order valence-electron chi connectivity index (χ1n) is 7.59. The number of fused-ring (bicyclic) bond motifs is 1. The first-order valence-corrected chi connectivity index (χ1v) is 8.41. The molecular weight excluding hydrogens is 280 g/mol. The van der Waals surface area contributed by atoms with E-state index >= 15 is 0 Å². The number of hydrogen-bond acceptors (Lipinski definition) is 3. The molecule has 0 saturated heterocycles. The first-order chi connectivity index (χ1) is 9.74. The third-order valence-electron chi connectivity index (χ3n) is 4.36. The molecule has 0 saturated carbocycles. The molecule has 0 aromatic carbocycles. The van der Waals surface area contributed by atoms with Gasteiger partial charge in [-0.2, -0.15) is 5.26 Å². The van der Waals surface area contributed by atoms with Crippen LogP contribution in [0.15, 0.2) is 0 Å². The third kappa shape index (κ3) is 3.29. The number of nitrogens with zero attached hydrogens (tertiary/aromatic N) is 1. The molecule has 0 unspecified atom stereocenters. The molecular formula is C17H24N2OS. The minimum absolute atomic E-state index is 0.0162. The van der Waals surface area contributed by atoms with Crippen LogP contribution >= 0.6 is 11.3 Å². The normalized spacial score (nSPS) is 18.2. The summed E-state index contributed by atoms with van der Waals surface area (Å²) in [4.78, 5) is 13.2. The fourth-order valence-corrected chi connectivity index (χ4v) is 4.07. The molecule has 1 amide bonds. The van der Waals surface area contributed by atoms with Crippen LogP contribution in [-0.4, -0.2) is 5.91 Å². The van der Waals surface area contributed by atoms with E-state index in [1.54, 1.807) is 11.3 Å². The topological polar surface area (TPSA) is 52.9 Å². The molecule has 21 heavy (non-hydrogen) atoms. The molecule has 1 aromatic heterocycles. The maximum Gasteiger partial charge on any atom is 0.227 e. The molecule has 1 N–H and O–H groups in total. The Morgan fingerprint density at radius 1 is 1.43 bits per heavy atom. The fraction of sp³-hybridized carbons (Fsp3) is 0.647. The number of thiophene rings is 1. The number of carbonyl (C=O) groups is 1. The predicted octanol–water partition coefficient (Wildman–Crippen LogP) is 4.37. The molecule has 0 radical (unpaired) electrons. The molecule has 0 aliphatic heterocycles. The molecule has 1 atom stereocenters. The van der Waals surface area contributed by atoms with E-state index in [2.05, 4.69) is 32.2 Å². The minimum Gasteiger partial charge on any atom is -0.316 e. The van der Waals surface area contributed by atoms with Crippen LogP contribution in [0.4, 0.5) is 5.00 Å². The number of amides is 1. The second-order valence-electron chi connectivity index (χ2n) is 7.27. The van der Waals surface area contributed by atoms with E-state index < -0.39 is 0 Å². The largest absolute Gasteiger partial charge is 0.316 e. The molecule has 1 heterocycles. The maximum absolute atomic E-state index is 11.9. The Kier molecular flexibility index (Phi) is 4.43. The highest BCUT2D eigenvalue weighted by Gasteiger charge is 2.32. The number of anilines is 1. The smallest absolute Gasteiger partial charge is 0.227 e. The van der Waals surface area contributed by atoms with Gasteiger partial charge >= 0.3 is 0 Å². The summed E-state index contributed by atoms with van der Waals surface area (Å²) < 4.78 is 0. The van der Waals surface area contributed by atoms with Crippen LogP contribution in [0.3, 0.4) is 0 Å². The lowest BCUT2D eigenvalue weighted by Crippen LogP contribution is -2.26. The lowest BCUT2D eigenvalue weighted by Gasteiger charge is -2.33. The van der Waals surface area contributed by atoms with Crippen molar-refractivity contribution in [3.05, 3.63) is 16.0 Å². The zero-order chi connectivity index (χ0) is 15.8. The van der Waals surface area contributed by atoms with Crippen molar-refractivity contribution in [2.45, 2.75) is 53.9 Å². The number of hydrogen-bond donors (Lipinski definition) is 1. The fourth-order valence-electron chi connectivity index (χ4n) is 2.79. The van der Waals surface area contributed by atoms with E-state index in [4.69, 9.17) is 0 Å². The third-order valence-corrected chi connectivity index (χ3v) is 5.53. The van der Waals surface area contributed by atoms with Gasteiger partial charge in [0.2, 0.25) is 5.91 Å². The first kappa shape index (κ1) is 16.0. The van der Waals surface area contributed by atoms with E-state index in [0.29, 0.717) is 11.5 Å². The van der Waals surface area contributed by atoms with Crippen molar-refractivity contribution in [3.63, 3.8) is 0 Å². The summed E-state index contributed by atoms with van der Waals surface area (Å²) in [7, 11) is 0. The summed E-state index contributed by atoms with van der Waals surface area (Å²) in [5.41, 5.74) is 2.15. The summed E-state index contributed by atoms with van der Waals surface area (Å²) in [5, 5.41) is 13.1. The zero-order valence-electron chi connectivity index (χ0n) is 13.5. The van der Waals surface area contributed by atoms with E-state index in [9.17, 15) is 10.1 Å². The van der Waals surface area contributed by atoms with E-state index in [1.807, 2.05) is 13.8 Å². The average molecular weight is 304 g/mol. The van der Waals surface area contributed by atoms with Crippen molar-refractivity contribution in [2.24, 2.45) is 17.3 Å². The van der Waals surface area contributed by atoms with Crippen molar-refractivity contribution >= 4 is 22.2 Å². The molecule has 1 aliphatic carbocycles. The second kappa shape index (κ2) is 5.81. The van der Waals surface area contributed by atoms with Crippen LogP contribution < -0.4 is 5.32 Å². The minimum atomic E-state index is -0.0713. The van der Waals surface area contributed by atoms with E-state index in [0.717, 1.165) is 24.3 Å². The summed E-state index contributed by atoms with van der Waals surface area (Å²) >= 11 is 1.60. The predicted molar refractivity (Wildman–Crippen MR) is 87.5 cm³/mol. The Morgan fingerprint density at radius 3 is 2.62 bits per heavy atom. The zero-order valence-corrected chi connectivity index (χ0v) is 14.4. The van der Waals surface area contributed by atoms with Crippen molar-refractivity contribution < 1.29 is 4.79 Å². The van der Waals surface area contributed by atoms with Gasteiger partial charge in [-0.05, 0) is 36.2 Å². The molecule has 3 nitrogen and oxygen atoms in total. The highest BCUT2D eigenvalue weighted by Crippen LogP contribution is 2.44. The second-order valence-corrected chi connectivity index (χ2v) is 8.37. The van der Waals surface area contributed by atoms with Crippen LogP contribution in [0.25, 0.3) is 0 Å². The Hall–Kier alpha value is -1.34. The quantitative estimate of drug-likeness (QED) is 0.882. The van der Waals surface area contributed by atoms with Crippen LogP contribution in [0, 0.1) is 28.6 Å². The summed E-state index contributed by atoms with van der Waals surface area (Å²) in [5.74, 6) is 0.555. The van der Waals surface area contributed by atoms with Crippen molar-refractivity contribution in [3.8, 4) is 6.07 Å². The molecule has 0 fully saturated rings. The van der Waals surface area contributed by atoms with Gasteiger partial charge in [-0.25, -0.2) is 0 Å². The number of nitrogens with one attached hydrogen (secondary N) is 1. The average Bonchev–Trinajstić information content (AvgIpc) is 2.73. The number of nitriles is 1. The van der Waals surface area contributed by atoms with Gasteiger partial charge in [0, 0.05) is 10.8 Å². The monoisotopic (exact) mass is 304 g/mol. The molecule has 114 valence electrons. The molecule has 1 aromatic rings. The van der Waals surface area contributed by atoms with Gasteiger partial charge in [-0.15, -0.1) is 11.3 Å². The Labute approximate surface area is 131 Å². The summed E-state index contributed by atoms with van der Waals surface area (Å²) in [6, 6.07) is 2.30. The van der Waals surface area contributed by atoms with Crippen LogP contribution in [-0.2, 0) is 17.6 Å². The van der Waals surface area contributed by atoms with Gasteiger partial charge < -0.3 is 5.32 Å². The van der Waals surface area contributed by atoms with Crippen LogP contribution in [0.5, 0.6) is 0 Å². The van der Waals surface area contributed by atoms with Gasteiger partial charge in [0.15, 0.2) is 0 Å². The lowest BCUT2D eigenvalue weighted by atomic mass is 9.72. The molecule has 0 spiro atoms. The molecule has 0 bridgehead atoms. The van der Waals surface area contributed by atoms with E-state index in [-0.39, 0.29) is 17.2 Å². The molecule has 2 rings (SSSR count). The maximum atomic E-state index is 11.9. The number of rotatable bonds is 2. The molecule has 1 aliphatic rings. The van der Waals surface area contributed by atoms with Crippen LogP contribution in [0.1, 0.15) is 57.0 Å². The SMILES string of the molecule is CC(C)C(=O)Nc1sc2c(c1C#N)CC[C@H](C(C)(C)C)C2. The summed E-state index contributed by atoms with van der Waals surface area (Å²) in [6.07, 6.45) is 3.10. The molecule has 4 heteroatoms. The van der Waals surface area contributed by atoms with E-state index in [1.165, 1.54) is 10.4 Å². The highest BCUT2D eigenvalue weighted by atomic mass is 32.1. The Bertz CT molecular complexity index is 587. The number of carbonyl (C=O) groups excluding carboxylic acids is 1.